The van der Waals surface area contributed by atoms with E-state index in [4.69, 9.17) is 9.84 Å². The molecule has 3 amide bonds. The molecule has 1 atom stereocenters. The largest absolute Gasteiger partial charge is 0.497 e. The third-order valence-electron chi connectivity index (χ3n) is 3.62. The molecule has 1 aromatic carbocycles. The maximum Gasteiger partial charge on any atom is 0.317 e. The van der Waals surface area contributed by atoms with Crippen LogP contribution in [0.3, 0.4) is 0 Å². The Morgan fingerprint density at radius 3 is 2.73 bits per heavy atom. The number of carbonyl (C=O) groups is 2. The molecule has 0 spiro atoms. The number of nitrogens with zero attached hydrogens (tertiary/aromatic N) is 2. The van der Waals surface area contributed by atoms with E-state index >= 15 is 0 Å². The highest BCUT2D eigenvalue weighted by molar-refractivity contribution is 5.96. The van der Waals surface area contributed by atoms with E-state index in [1.807, 2.05) is 12.1 Å². The summed E-state index contributed by atoms with van der Waals surface area (Å²) >= 11 is 0. The molecule has 7 heteroatoms. The SMILES string of the molecule is COc1ccc(N2C[C@@H](NC(=O)N(C)CCO)CC2=O)cc1. The number of carbonyl (C=O) groups excluding carboxylic acids is 2. The van der Waals surface area contributed by atoms with E-state index in [9.17, 15) is 9.59 Å². The Morgan fingerprint density at radius 1 is 1.45 bits per heavy atom. The van der Waals surface area contributed by atoms with Crippen molar-refractivity contribution in [2.45, 2.75) is 12.5 Å². The molecule has 1 aromatic rings. The van der Waals surface area contributed by atoms with Crippen LogP contribution in [0.5, 0.6) is 5.75 Å². The number of anilines is 1. The minimum atomic E-state index is -0.288. The number of likely N-dealkylation sites (N-methyl/N-ethyl adjacent to an activating group) is 1. The quantitative estimate of drug-likeness (QED) is 0.827. The Balaban J connectivity index is 1.96. The third kappa shape index (κ3) is 3.67. The summed E-state index contributed by atoms with van der Waals surface area (Å²) in [5, 5.41) is 11.6. The Morgan fingerprint density at radius 2 is 2.14 bits per heavy atom. The molecule has 0 aromatic heterocycles. The van der Waals surface area contributed by atoms with Gasteiger partial charge in [-0.25, -0.2) is 4.79 Å². The number of ether oxygens (including phenoxy) is 1. The lowest BCUT2D eigenvalue weighted by atomic mass is 10.2. The smallest absolute Gasteiger partial charge is 0.317 e. The Labute approximate surface area is 129 Å². The molecule has 120 valence electrons. The first-order valence-electron chi connectivity index (χ1n) is 7.12. The van der Waals surface area contributed by atoms with Gasteiger partial charge in [-0.3, -0.25) is 4.79 Å². The topological polar surface area (TPSA) is 82.1 Å². The zero-order chi connectivity index (χ0) is 16.1. The first-order chi connectivity index (χ1) is 10.5. The maximum absolute atomic E-state index is 12.1. The van der Waals surface area contributed by atoms with Crippen LogP contribution in [-0.2, 0) is 4.79 Å². The van der Waals surface area contributed by atoms with E-state index in [-0.39, 0.29) is 37.6 Å². The molecule has 0 radical (unpaired) electrons. The molecule has 22 heavy (non-hydrogen) atoms. The van der Waals surface area contributed by atoms with Crippen LogP contribution in [0.2, 0.25) is 0 Å². The number of amides is 3. The molecule has 1 fully saturated rings. The van der Waals surface area contributed by atoms with Gasteiger partial charge in [-0.15, -0.1) is 0 Å². The molecule has 2 N–H and O–H groups in total. The van der Waals surface area contributed by atoms with Crippen LogP contribution in [-0.4, -0.2) is 61.8 Å². The van der Waals surface area contributed by atoms with Crippen molar-refractivity contribution < 1.29 is 19.4 Å². The number of benzene rings is 1. The average molecular weight is 307 g/mol. The Kier molecular flexibility index (Phi) is 5.21. The number of hydrogen-bond donors (Lipinski definition) is 2. The lowest BCUT2D eigenvalue weighted by molar-refractivity contribution is -0.117. The molecule has 0 saturated carbocycles. The van der Waals surface area contributed by atoms with Crippen molar-refractivity contribution in [3.05, 3.63) is 24.3 Å². The number of aliphatic hydroxyl groups is 1. The van der Waals surface area contributed by atoms with Crippen LogP contribution in [0.25, 0.3) is 0 Å². The van der Waals surface area contributed by atoms with E-state index in [1.165, 1.54) is 4.90 Å². The van der Waals surface area contributed by atoms with Gasteiger partial charge < -0.3 is 25.0 Å². The van der Waals surface area contributed by atoms with Crippen molar-refractivity contribution in [3.8, 4) is 5.75 Å². The Bertz CT molecular complexity index is 532. The number of rotatable bonds is 5. The van der Waals surface area contributed by atoms with Crippen LogP contribution in [0.1, 0.15) is 6.42 Å². The molecule has 7 nitrogen and oxygen atoms in total. The van der Waals surface area contributed by atoms with Crippen molar-refractivity contribution in [1.82, 2.24) is 10.2 Å². The van der Waals surface area contributed by atoms with Gasteiger partial charge in [-0.2, -0.15) is 0 Å². The predicted molar refractivity (Wildman–Crippen MR) is 82.0 cm³/mol. The summed E-state index contributed by atoms with van der Waals surface area (Å²) in [6.07, 6.45) is 0.269. The molecule has 1 heterocycles. The first-order valence-corrected chi connectivity index (χ1v) is 7.12. The molecule has 0 bridgehead atoms. The fourth-order valence-corrected chi connectivity index (χ4v) is 2.35. The van der Waals surface area contributed by atoms with E-state index < -0.39 is 0 Å². The summed E-state index contributed by atoms with van der Waals surface area (Å²) < 4.78 is 5.10. The van der Waals surface area contributed by atoms with Gasteiger partial charge in [0.2, 0.25) is 5.91 Å². The summed E-state index contributed by atoms with van der Waals surface area (Å²) in [6.45, 7) is 0.601. The Hall–Kier alpha value is -2.28. The zero-order valence-electron chi connectivity index (χ0n) is 12.8. The van der Waals surface area contributed by atoms with Crippen molar-refractivity contribution >= 4 is 17.6 Å². The van der Waals surface area contributed by atoms with Gasteiger partial charge in [0, 0.05) is 32.2 Å². The van der Waals surface area contributed by atoms with Gasteiger partial charge in [-0.1, -0.05) is 0 Å². The second-order valence-electron chi connectivity index (χ2n) is 5.20. The van der Waals surface area contributed by atoms with Gasteiger partial charge in [0.25, 0.3) is 0 Å². The third-order valence-corrected chi connectivity index (χ3v) is 3.62. The van der Waals surface area contributed by atoms with E-state index in [0.717, 1.165) is 11.4 Å². The zero-order valence-corrected chi connectivity index (χ0v) is 12.8. The number of urea groups is 1. The summed E-state index contributed by atoms with van der Waals surface area (Å²) in [6, 6.07) is 6.71. The highest BCUT2D eigenvalue weighted by atomic mass is 16.5. The predicted octanol–water partition coefficient (Wildman–Crippen LogP) is 0.434. The van der Waals surface area contributed by atoms with Crippen molar-refractivity contribution in [1.29, 1.82) is 0 Å². The van der Waals surface area contributed by atoms with Gasteiger partial charge in [0.15, 0.2) is 0 Å². The molecule has 0 unspecified atom stereocenters. The highest BCUT2D eigenvalue weighted by Gasteiger charge is 2.32. The van der Waals surface area contributed by atoms with Gasteiger partial charge in [-0.05, 0) is 24.3 Å². The number of hydrogen-bond acceptors (Lipinski definition) is 4. The molecule has 1 saturated heterocycles. The fourth-order valence-electron chi connectivity index (χ4n) is 2.35. The maximum atomic E-state index is 12.1. The van der Waals surface area contributed by atoms with E-state index in [1.54, 1.807) is 31.2 Å². The van der Waals surface area contributed by atoms with Crippen molar-refractivity contribution in [3.63, 3.8) is 0 Å². The van der Waals surface area contributed by atoms with Gasteiger partial charge >= 0.3 is 6.03 Å². The lowest BCUT2D eigenvalue weighted by Crippen LogP contribution is -2.45. The second-order valence-corrected chi connectivity index (χ2v) is 5.20. The summed E-state index contributed by atoms with van der Waals surface area (Å²) in [4.78, 5) is 27.0. The number of aliphatic hydroxyl groups excluding tert-OH is 1. The first kappa shape index (κ1) is 16.1. The number of methoxy groups -OCH3 is 1. The fraction of sp³-hybridized carbons (Fsp3) is 0.467. The normalized spacial score (nSPS) is 17.5. The van der Waals surface area contributed by atoms with Gasteiger partial charge in [0.05, 0.1) is 19.8 Å². The monoisotopic (exact) mass is 307 g/mol. The summed E-state index contributed by atoms with van der Waals surface area (Å²) in [7, 11) is 3.19. The van der Waals surface area contributed by atoms with Crippen molar-refractivity contribution in [2.75, 3.05) is 38.8 Å². The van der Waals surface area contributed by atoms with Crippen LogP contribution in [0.4, 0.5) is 10.5 Å². The van der Waals surface area contributed by atoms with Crippen LogP contribution in [0, 0.1) is 0 Å². The molecule has 1 aliphatic heterocycles. The van der Waals surface area contributed by atoms with Crippen LogP contribution in [0.15, 0.2) is 24.3 Å². The molecule has 2 rings (SSSR count). The summed E-state index contributed by atoms with van der Waals surface area (Å²) in [5.41, 5.74) is 0.784. The van der Waals surface area contributed by atoms with E-state index in [0.29, 0.717) is 6.54 Å². The molecular formula is C15H21N3O4. The standard InChI is InChI=1S/C15H21N3O4/c1-17(7-8-19)15(21)16-11-9-14(20)18(10-11)12-3-5-13(22-2)6-4-12/h3-6,11,19H,7-10H2,1-2H3,(H,16,21)/t11-/m0/s1. The highest BCUT2D eigenvalue weighted by Crippen LogP contribution is 2.24. The number of nitrogens with one attached hydrogen (secondary N) is 1. The van der Waals surface area contributed by atoms with Gasteiger partial charge in [0.1, 0.15) is 5.75 Å². The summed E-state index contributed by atoms with van der Waals surface area (Å²) in [5.74, 6) is 0.700. The van der Waals surface area contributed by atoms with Crippen LogP contribution >= 0.6 is 0 Å². The van der Waals surface area contributed by atoms with E-state index in [2.05, 4.69) is 5.32 Å². The second kappa shape index (κ2) is 7.13. The van der Waals surface area contributed by atoms with Crippen molar-refractivity contribution in [2.24, 2.45) is 0 Å². The molecule has 1 aliphatic rings. The molecular weight excluding hydrogens is 286 g/mol. The minimum Gasteiger partial charge on any atom is -0.497 e. The minimum absolute atomic E-state index is 0.0275. The average Bonchev–Trinajstić information content (AvgIpc) is 2.88. The molecule has 0 aliphatic carbocycles. The van der Waals surface area contributed by atoms with Crippen LogP contribution < -0.4 is 15.0 Å². The lowest BCUT2D eigenvalue weighted by Gasteiger charge is -2.20.